The van der Waals surface area contributed by atoms with E-state index in [9.17, 15) is 0 Å². The number of anilines is 1. The van der Waals surface area contributed by atoms with Gasteiger partial charge in [0.25, 0.3) is 0 Å². The second-order valence-corrected chi connectivity index (χ2v) is 4.68. The minimum atomic E-state index is 0.602. The van der Waals surface area contributed by atoms with E-state index in [-0.39, 0.29) is 0 Å². The molecule has 0 amide bonds. The van der Waals surface area contributed by atoms with Crippen LogP contribution in [0.15, 0.2) is 22.9 Å². The molecular weight excluding hydrogens is 262 g/mol. The van der Waals surface area contributed by atoms with Crippen LogP contribution in [0.5, 0.6) is 0 Å². The minimum absolute atomic E-state index is 0.602. The number of thiazole rings is 1. The Bertz CT molecular complexity index is 467. The number of rotatable bonds is 1. The molecule has 0 unspecified atom stereocenters. The lowest BCUT2D eigenvalue weighted by Crippen LogP contribution is -1.81. The number of pyridine rings is 1. The molecule has 0 aliphatic heterocycles. The van der Waals surface area contributed by atoms with Gasteiger partial charge in [0.1, 0.15) is 4.60 Å². The van der Waals surface area contributed by atoms with Crippen molar-refractivity contribution in [3.05, 3.63) is 28.6 Å². The van der Waals surface area contributed by atoms with Gasteiger partial charge in [0.05, 0.1) is 10.6 Å². The van der Waals surface area contributed by atoms with Crippen LogP contribution in [0.4, 0.5) is 5.13 Å². The van der Waals surface area contributed by atoms with Gasteiger partial charge in [-0.15, -0.1) is 0 Å². The van der Waals surface area contributed by atoms with E-state index < -0.39 is 0 Å². The second kappa shape index (κ2) is 3.67. The maximum Gasteiger partial charge on any atom is 0.180 e. The molecule has 0 bridgehead atoms. The lowest BCUT2D eigenvalue weighted by Gasteiger charge is -1.97. The highest BCUT2D eigenvalue weighted by atomic mass is 79.9. The molecule has 3 nitrogen and oxygen atoms in total. The molecule has 2 rings (SSSR count). The minimum Gasteiger partial charge on any atom is -0.375 e. The van der Waals surface area contributed by atoms with Crippen molar-refractivity contribution in [2.45, 2.75) is 6.92 Å². The quantitative estimate of drug-likeness (QED) is 0.810. The fraction of sp³-hybridized carbons (Fsp3) is 0.111. The topological polar surface area (TPSA) is 51.8 Å². The van der Waals surface area contributed by atoms with Crippen LogP contribution in [0.2, 0.25) is 0 Å². The molecule has 2 heterocycles. The number of aromatic nitrogens is 2. The monoisotopic (exact) mass is 269 g/mol. The van der Waals surface area contributed by atoms with Gasteiger partial charge < -0.3 is 5.73 Å². The van der Waals surface area contributed by atoms with Crippen molar-refractivity contribution >= 4 is 32.4 Å². The summed E-state index contributed by atoms with van der Waals surface area (Å²) in [5.41, 5.74) is 7.69. The maximum atomic E-state index is 5.63. The molecule has 0 aliphatic carbocycles. The first-order valence-corrected chi connectivity index (χ1v) is 5.62. The largest absolute Gasteiger partial charge is 0.375 e. The van der Waals surface area contributed by atoms with Crippen LogP contribution in [-0.4, -0.2) is 9.97 Å². The van der Waals surface area contributed by atoms with Gasteiger partial charge >= 0.3 is 0 Å². The predicted octanol–water partition coefficient (Wildman–Crippen LogP) is 2.86. The highest BCUT2D eigenvalue weighted by Gasteiger charge is 2.07. The number of hydrogen-bond donors (Lipinski definition) is 1. The summed E-state index contributed by atoms with van der Waals surface area (Å²) in [5, 5.41) is 0.602. The Balaban J connectivity index is 2.54. The zero-order valence-electron chi connectivity index (χ0n) is 7.49. The molecule has 0 atom stereocenters. The standard InChI is InChI=1S/C9H8BrN3S/c1-5-8(14-9(11)13-5)6-2-3-12-7(10)4-6/h2-4H,1H3,(H2,11,13). The van der Waals surface area contributed by atoms with Crippen molar-refractivity contribution in [3.8, 4) is 10.4 Å². The van der Waals surface area contributed by atoms with Crippen LogP contribution in [0, 0.1) is 6.92 Å². The number of nitrogen functional groups attached to an aromatic ring is 1. The first-order chi connectivity index (χ1) is 6.66. The number of nitrogens with two attached hydrogens (primary N) is 1. The van der Waals surface area contributed by atoms with Gasteiger partial charge in [-0.1, -0.05) is 11.3 Å². The average Bonchev–Trinajstić information content (AvgIpc) is 2.45. The summed E-state index contributed by atoms with van der Waals surface area (Å²) >= 11 is 4.83. The molecule has 0 spiro atoms. The molecule has 0 saturated heterocycles. The second-order valence-electron chi connectivity index (χ2n) is 2.83. The molecule has 0 radical (unpaired) electrons. The third-order valence-electron chi connectivity index (χ3n) is 1.80. The van der Waals surface area contributed by atoms with Gasteiger partial charge in [0, 0.05) is 6.20 Å². The number of halogens is 1. The van der Waals surface area contributed by atoms with E-state index in [1.165, 1.54) is 11.3 Å². The van der Waals surface area contributed by atoms with Gasteiger partial charge in [-0.3, -0.25) is 0 Å². The summed E-state index contributed by atoms with van der Waals surface area (Å²) < 4.78 is 0.821. The van der Waals surface area contributed by atoms with Gasteiger partial charge in [-0.25, -0.2) is 9.97 Å². The lowest BCUT2D eigenvalue weighted by molar-refractivity contribution is 1.25. The number of aryl methyl sites for hydroxylation is 1. The van der Waals surface area contributed by atoms with Crippen molar-refractivity contribution in [3.63, 3.8) is 0 Å². The van der Waals surface area contributed by atoms with Gasteiger partial charge in [-0.2, -0.15) is 0 Å². The van der Waals surface area contributed by atoms with Crippen LogP contribution in [0.3, 0.4) is 0 Å². The molecule has 0 aromatic carbocycles. The van der Waals surface area contributed by atoms with Crippen LogP contribution < -0.4 is 5.73 Å². The molecule has 0 saturated carbocycles. The highest BCUT2D eigenvalue weighted by Crippen LogP contribution is 2.31. The van der Waals surface area contributed by atoms with Crippen LogP contribution in [0.25, 0.3) is 10.4 Å². The van der Waals surface area contributed by atoms with Crippen molar-refractivity contribution < 1.29 is 0 Å². The molecular formula is C9H8BrN3S. The fourth-order valence-electron chi connectivity index (χ4n) is 1.23. The third-order valence-corrected chi connectivity index (χ3v) is 3.27. The molecule has 2 aromatic heterocycles. The van der Waals surface area contributed by atoms with Crippen molar-refractivity contribution in [2.24, 2.45) is 0 Å². The Hall–Kier alpha value is -0.940. The SMILES string of the molecule is Cc1nc(N)sc1-c1ccnc(Br)c1. The van der Waals surface area contributed by atoms with Gasteiger partial charge in [0.15, 0.2) is 5.13 Å². The van der Waals surface area contributed by atoms with Crippen LogP contribution >= 0.6 is 27.3 Å². The summed E-state index contributed by atoms with van der Waals surface area (Å²) in [6, 6.07) is 3.91. The number of hydrogen-bond acceptors (Lipinski definition) is 4. The van der Waals surface area contributed by atoms with E-state index in [1.54, 1.807) is 6.20 Å². The summed E-state index contributed by atoms with van der Waals surface area (Å²) in [7, 11) is 0. The first-order valence-electron chi connectivity index (χ1n) is 4.01. The molecule has 0 fully saturated rings. The fourth-order valence-corrected chi connectivity index (χ4v) is 2.42. The first kappa shape index (κ1) is 9.61. The molecule has 5 heteroatoms. The smallest absolute Gasteiger partial charge is 0.180 e. The summed E-state index contributed by atoms with van der Waals surface area (Å²) in [6.07, 6.45) is 1.76. The van der Waals surface area contributed by atoms with Crippen LogP contribution in [-0.2, 0) is 0 Å². The Morgan fingerprint density at radius 1 is 1.50 bits per heavy atom. The van der Waals surface area contributed by atoms with E-state index in [4.69, 9.17) is 5.73 Å². The van der Waals surface area contributed by atoms with E-state index in [0.29, 0.717) is 5.13 Å². The van der Waals surface area contributed by atoms with Crippen molar-refractivity contribution in [1.82, 2.24) is 9.97 Å². The number of nitrogens with zero attached hydrogens (tertiary/aromatic N) is 2. The van der Waals surface area contributed by atoms with E-state index in [1.807, 2.05) is 19.1 Å². The molecule has 2 N–H and O–H groups in total. The lowest BCUT2D eigenvalue weighted by atomic mass is 10.2. The zero-order valence-corrected chi connectivity index (χ0v) is 9.89. The predicted molar refractivity (Wildman–Crippen MR) is 62.2 cm³/mol. The average molecular weight is 270 g/mol. The van der Waals surface area contributed by atoms with Crippen LogP contribution in [0.1, 0.15) is 5.69 Å². The summed E-state index contributed by atoms with van der Waals surface area (Å²) in [6.45, 7) is 1.95. The highest BCUT2D eigenvalue weighted by molar-refractivity contribution is 9.10. The van der Waals surface area contributed by atoms with E-state index in [0.717, 1.165) is 20.7 Å². The summed E-state index contributed by atoms with van der Waals surface area (Å²) in [5.74, 6) is 0. The molecule has 0 aliphatic rings. The van der Waals surface area contributed by atoms with Crippen molar-refractivity contribution in [1.29, 1.82) is 0 Å². The van der Waals surface area contributed by atoms with E-state index >= 15 is 0 Å². The summed E-state index contributed by atoms with van der Waals surface area (Å²) in [4.78, 5) is 9.35. The Morgan fingerprint density at radius 2 is 2.29 bits per heavy atom. The maximum absolute atomic E-state index is 5.63. The Morgan fingerprint density at radius 3 is 2.86 bits per heavy atom. The van der Waals surface area contributed by atoms with Crippen molar-refractivity contribution in [2.75, 3.05) is 5.73 Å². The normalized spacial score (nSPS) is 10.4. The van der Waals surface area contributed by atoms with E-state index in [2.05, 4.69) is 25.9 Å². The van der Waals surface area contributed by atoms with Gasteiger partial charge in [0.2, 0.25) is 0 Å². The van der Waals surface area contributed by atoms with Gasteiger partial charge in [-0.05, 0) is 40.5 Å². The molecule has 14 heavy (non-hydrogen) atoms. The molecule has 2 aromatic rings. The Kier molecular flexibility index (Phi) is 2.52. The molecule has 72 valence electrons. The third kappa shape index (κ3) is 1.78. The zero-order chi connectivity index (χ0) is 10.1. The Labute approximate surface area is 94.1 Å².